The Bertz CT molecular complexity index is 834. The fraction of sp³-hybridized carbons (Fsp3) is 0.500. The van der Waals surface area contributed by atoms with Gasteiger partial charge in [-0.3, -0.25) is 4.79 Å². The molecule has 2 aromatic rings. The molecule has 1 aromatic carbocycles. The van der Waals surface area contributed by atoms with Crippen molar-refractivity contribution in [2.45, 2.75) is 50.0 Å². The van der Waals surface area contributed by atoms with Gasteiger partial charge in [-0.2, -0.15) is 0 Å². The Morgan fingerprint density at radius 2 is 1.85 bits per heavy atom. The van der Waals surface area contributed by atoms with E-state index < -0.39 is 0 Å². The average Bonchev–Trinajstić information content (AvgIpc) is 3.20. The van der Waals surface area contributed by atoms with Crippen LogP contribution in [0, 0.1) is 0 Å². The van der Waals surface area contributed by atoms with E-state index in [2.05, 4.69) is 10.5 Å². The summed E-state index contributed by atoms with van der Waals surface area (Å²) in [6.07, 6.45) is 6.23. The van der Waals surface area contributed by atoms with Crippen molar-refractivity contribution in [3.63, 3.8) is 0 Å². The van der Waals surface area contributed by atoms with Gasteiger partial charge < -0.3 is 19.3 Å². The summed E-state index contributed by atoms with van der Waals surface area (Å²) >= 11 is 0. The smallest absolute Gasteiger partial charge is 0.274 e. The van der Waals surface area contributed by atoms with Gasteiger partial charge >= 0.3 is 0 Å². The number of nitrogens with one attached hydrogen (secondary N) is 1. The summed E-state index contributed by atoms with van der Waals surface area (Å²) in [5.74, 6) is 2.63. The van der Waals surface area contributed by atoms with Crippen molar-refractivity contribution in [3.8, 4) is 11.5 Å². The highest BCUT2D eigenvalue weighted by molar-refractivity contribution is 5.93. The molecule has 0 saturated heterocycles. The predicted octanol–water partition coefficient (Wildman–Crippen LogP) is 3.52. The van der Waals surface area contributed by atoms with E-state index in [1.165, 1.54) is 0 Å². The van der Waals surface area contributed by atoms with Crippen LogP contribution in [0.1, 0.15) is 66.3 Å². The first-order valence-electron chi connectivity index (χ1n) is 9.43. The molecule has 1 N–H and O–H groups in total. The summed E-state index contributed by atoms with van der Waals surface area (Å²) in [5.41, 5.74) is 1.06. The highest BCUT2D eigenvalue weighted by atomic mass is 16.6. The largest absolute Gasteiger partial charge is 0.486 e. The maximum atomic E-state index is 12.8. The Morgan fingerprint density at radius 3 is 2.62 bits per heavy atom. The third-order valence-corrected chi connectivity index (χ3v) is 5.65. The van der Waals surface area contributed by atoms with Gasteiger partial charge in [-0.05, 0) is 43.4 Å². The van der Waals surface area contributed by atoms with Crippen molar-refractivity contribution in [2.75, 3.05) is 13.2 Å². The Kier molecular flexibility index (Phi) is 3.65. The van der Waals surface area contributed by atoms with Gasteiger partial charge in [0.25, 0.3) is 5.91 Å². The lowest BCUT2D eigenvalue weighted by Gasteiger charge is -2.32. The Labute approximate surface area is 151 Å². The SMILES string of the molecule is O=C(NC1(c2ccc3c(c2)OCCO3)CCCC1)c1cc(C2CC2)on1. The van der Waals surface area contributed by atoms with Gasteiger partial charge in [-0.15, -0.1) is 0 Å². The van der Waals surface area contributed by atoms with Gasteiger partial charge in [0.1, 0.15) is 19.0 Å². The van der Waals surface area contributed by atoms with Gasteiger partial charge in [-0.25, -0.2) is 0 Å². The lowest BCUT2D eigenvalue weighted by atomic mass is 9.87. The number of hydrogen-bond donors (Lipinski definition) is 1. The molecule has 136 valence electrons. The second-order valence-corrected chi connectivity index (χ2v) is 7.49. The molecule has 2 aliphatic carbocycles. The lowest BCUT2D eigenvalue weighted by molar-refractivity contribution is 0.0888. The van der Waals surface area contributed by atoms with Crippen molar-refractivity contribution in [2.24, 2.45) is 0 Å². The molecule has 6 nitrogen and oxygen atoms in total. The molecular formula is C20H22N2O4. The zero-order chi connectivity index (χ0) is 17.6. The third kappa shape index (κ3) is 2.73. The van der Waals surface area contributed by atoms with Crippen LogP contribution in [0.5, 0.6) is 11.5 Å². The summed E-state index contributed by atoms with van der Waals surface area (Å²) in [7, 11) is 0. The molecule has 3 aliphatic rings. The topological polar surface area (TPSA) is 73.6 Å². The molecule has 0 unspecified atom stereocenters. The number of amides is 1. The number of aromatic nitrogens is 1. The van der Waals surface area contributed by atoms with Crippen LogP contribution >= 0.6 is 0 Å². The van der Waals surface area contributed by atoms with Crippen molar-refractivity contribution in [1.82, 2.24) is 10.5 Å². The average molecular weight is 354 g/mol. The predicted molar refractivity (Wildman–Crippen MR) is 93.5 cm³/mol. The molecule has 1 aromatic heterocycles. The van der Waals surface area contributed by atoms with Crippen LogP contribution in [0.25, 0.3) is 0 Å². The van der Waals surface area contributed by atoms with E-state index in [1.54, 1.807) is 6.07 Å². The van der Waals surface area contributed by atoms with E-state index in [9.17, 15) is 4.79 Å². The lowest BCUT2D eigenvalue weighted by Crippen LogP contribution is -2.44. The normalized spacial score (nSPS) is 20.8. The molecule has 1 aliphatic heterocycles. The molecular weight excluding hydrogens is 332 g/mol. The minimum Gasteiger partial charge on any atom is -0.486 e. The standard InChI is InChI=1S/C20H22N2O4/c23-19(15-12-17(26-22-15)13-3-4-13)21-20(7-1-2-8-20)14-5-6-16-18(11-14)25-10-9-24-16/h5-6,11-13H,1-4,7-10H2,(H,21,23). The van der Waals surface area contributed by atoms with Crippen LogP contribution in [0.3, 0.4) is 0 Å². The van der Waals surface area contributed by atoms with E-state index in [-0.39, 0.29) is 11.4 Å². The summed E-state index contributed by atoms with van der Waals surface area (Å²) < 4.78 is 16.7. The molecule has 5 rings (SSSR count). The number of carbonyl (C=O) groups excluding carboxylic acids is 1. The van der Waals surface area contributed by atoms with Crippen LogP contribution < -0.4 is 14.8 Å². The molecule has 2 saturated carbocycles. The molecule has 2 fully saturated rings. The second-order valence-electron chi connectivity index (χ2n) is 7.49. The highest BCUT2D eigenvalue weighted by Crippen LogP contribution is 2.43. The summed E-state index contributed by atoms with van der Waals surface area (Å²) in [5, 5.41) is 7.23. The first-order chi connectivity index (χ1) is 12.7. The first kappa shape index (κ1) is 15.7. The number of ether oxygens (including phenoxy) is 2. The molecule has 0 bridgehead atoms. The minimum absolute atomic E-state index is 0.169. The van der Waals surface area contributed by atoms with E-state index >= 15 is 0 Å². The zero-order valence-electron chi connectivity index (χ0n) is 14.6. The molecule has 1 amide bonds. The number of rotatable bonds is 4. The Hall–Kier alpha value is -2.50. The maximum absolute atomic E-state index is 12.8. The van der Waals surface area contributed by atoms with E-state index in [1.807, 2.05) is 18.2 Å². The molecule has 2 heterocycles. The van der Waals surface area contributed by atoms with Crippen LogP contribution in [0.2, 0.25) is 0 Å². The highest BCUT2D eigenvalue weighted by Gasteiger charge is 2.39. The monoisotopic (exact) mass is 354 g/mol. The molecule has 0 atom stereocenters. The molecule has 0 spiro atoms. The second kappa shape index (κ2) is 6.04. The van der Waals surface area contributed by atoms with Gasteiger partial charge in [-0.1, -0.05) is 24.1 Å². The van der Waals surface area contributed by atoms with Gasteiger partial charge in [0, 0.05) is 12.0 Å². The third-order valence-electron chi connectivity index (χ3n) is 5.65. The van der Waals surface area contributed by atoms with Crippen molar-refractivity contribution >= 4 is 5.91 Å². The van der Waals surface area contributed by atoms with Crippen LogP contribution in [-0.2, 0) is 5.54 Å². The Morgan fingerprint density at radius 1 is 1.08 bits per heavy atom. The van der Waals surface area contributed by atoms with Gasteiger partial charge in [0.05, 0.1) is 5.54 Å². The molecule has 6 heteroatoms. The number of nitrogens with zero attached hydrogens (tertiary/aromatic N) is 1. The van der Waals surface area contributed by atoms with Crippen LogP contribution in [-0.4, -0.2) is 24.3 Å². The summed E-state index contributed by atoms with van der Waals surface area (Å²) in [6, 6.07) is 7.78. The van der Waals surface area contributed by atoms with Crippen LogP contribution in [0.4, 0.5) is 0 Å². The number of benzene rings is 1. The molecule has 0 radical (unpaired) electrons. The van der Waals surface area contributed by atoms with Crippen molar-refractivity contribution < 1.29 is 18.8 Å². The van der Waals surface area contributed by atoms with Crippen molar-refractivity contribution in [1.29, 1.82) is 0 Å². The summed E-state index contributed by atoms with van der Waals surface area (Å²) in [4.78, 5) is 12.8. The van der Waals surface area contributed by atoms with Crippen molar-refractivity contribution in [3.05, 3.63) is 41.3 Å². The number of fused-ring (bicyclic) bond motifs is 1. The quantitative estimate of drug-likeness (QED) is 0.909. The van der Waals surface area contributed by atoms with Gasteiger partial charge in [0.2, 0.25) is 0 Å². The van der Waals surface area contributed by atoms with E-state index in [0.717, 1.165) is 61.3 Å². The minimum atomic E-state index is -0.383. The Balaban J connectivity index is 1.42. The number of carbonyl (C=O) groups is 1. The molecule has 26 heavy (non-hydrogen) atoms. The fourth-order valence-corrected chi connectivity index (χ4v) is 4.04. The number of hydrogen-bond acceptors (Lipinski definition) is 5. The van der Waals surface area contributed by atoms with Gasteiger partial charge in [0.15, 0.2) is 17.2 Å². The maximum Gasteiger partial charge on any atom is 0.274 e. The van der Waals surface area contributed by atoms with Crippen LogP contribution in [0.15, 0.2) is 28.8 Å². The van der Waals surface area contributed by atoms with E-state index in [0.29, 0.717) is 24.8 Å². The fourth-order valence-electron chi connectivity index (χ4n) is 4.04. The first-order valence-corrected chi connectivity index (χ1v) is 9.43. The van der Waals surface area contributed by atoms with E-state index in [4.69, 9.17) is 14.0 Å². The summed E-state index contributed by atoms with van der Waals surface area (Å²) in [6.45, 7) is 1.13. The zero-order valence-corrected chi connectivity index (χ0v) is 14.6.